The van der Waals surface area contributed by atoms with Gasteiger partial charge in [-0.05, 0) is 44.4 Å². The molecule has 0 heterocycles. The average molecular weight is 373 g/mol. The van der Waals surface area contributed by atoms with Crippen molar-refractivity contribution in [3.8, 4) is 0 Å². The Hall–Kier alpha value is -0.340. The van der Waals surface area contributed by atoms with Crippen LogP contribution in [0.5, 0.6) is 0 Å². The highest BCUT2D eigenvalue weighted by atomic mass is 16.3. The zero-order valence-electron chi connectivity index (χ0n) is 18.8. The van der Waals surface area contributed by atoms with Crippen molar-refractivity contribution < 1.29 is 10.6 Å². The first-order valence-corrected chi connectivity index (χ1v) is 11.4. The third-order valence-corrected chi connectivity index (χ3v) is 4.96. The predicted molar refractivity (Wildman–Crippen MR) is 120 cm³/mol. The number of aliphatic hydroxyl groups excluding tert-OH is 1. The van der Waals surface area contributed by atoms with Crippen LogP contribution in [0.25, 0.3) is 0 Å². The largest absolute Gasteiger partial charge is 0.412 e. The fraction of sp³-hybridized carbons (Fsp3) is 0.917. The zero-order valence-corrected chi connectivity index (χ0v) is 18.8. The van der Waals surface area contributed by atoms with Crippen LogP contribution in [0.1, 0.15) is 130 Å². The van der Waals surface area contributed by atoms with Crippen molar-refractivity contribution in [3.63, 3.8) is 0 Å². The summed E-state index contributed by atoms with van der Waals surface area (Å²) in [7, 11) is 0. The summed E-state index contributed by atoms with van der Waals surface area (Å²) >= 11 is 0. The van der Waals surface area contributed by atoms with Gasteiger partial charge in [-0.15, -0.1) is 0 Å². The number of rotatable bonds is 17. The van der Waals surface area contributed by atoms with Crippen molar-refractivity contribution in [2.24, 2.45) is 5.92 Å². The van der Waals surface area contributed by atoms with E-state index in [4.69, 9.17) is 5.11 Å². The lowest BCUT2D eigenvalue weighted by molar-refractivity contribution is 0.205. The molecule has 0 aliphatic carbocycles. The molecule has 0 saturated heterocycles. The molecule has 0 aromatic rings. The topological polar surface area (TPSA) is 51.7 Å². The number of hydrogen-bond acceptors (Lipinski definition) is 1. The Morgan fingerprint density at radius 2 is 1.12 bits per heavy atom. The molecule has 0 spiro atoms. The normalized spacial score (nSPS) is 11.3. The summed E-state index contributed by atoms with van der Waals surface area (Å²) in [6, 6.07) is 0. The van der Waals surface area contributed by atoms with Crippen LogP contribution in [0.3, 0.4) is 0 Å². The quantitative estimate of drug-likeness (QED) is 0.207. The summed E-state index contributed by atoms with van der Waals surface area (Å²) in [6.07, 6.45) is 20.9. The molecular formula is C24H52O2. The van der Waals surface area contributed by atoms with E-state index in [2.05, 4.69) is 34.3 Å². The molecule has 2 heteroatoms. The van der Waals surface area contributed by atoms with E-state index < -0.39 is 0 Å². The molecule has 1 atom stereocenters. The SMILES string of the molecule is C=C(CCCC)CCCCCC.CCCCCCC(CO)CCCC.O. The molecular weight excluding hydrogens is 320 g/mol. The maximum atomic E-state index is 9.11. The van der Waals surface area contributed by atoms with Crippen LogP contribution in [0.15, 0.2) is 12.2 Å². The summed E-state index contributed by atoms with van der Waals surface area (Å²) in [5.41, 5.74) is 1.47. The molecule has 0 rings (SSSR count). The minimum atomic E-state index is 0. The first kappa shape index (κ1) is 30.4. The number of aliphatic hydroxyl groups is 1. The molecule has 3 N–H and O–H groups in total. The third-order valence-electron chi connectivity index (χ3n) is 4.96. The van der Waals surface area contributed by atoms with Gasteiger partial charge in [-0.3, -0.25) is 0 Å². The van der Waals surface area contributed by atoms with E-state index in [0.29, 0.717) is 12.5 Å². The summed E-state index contributed by atoms with van der Waals surface area (Å²) in [6.45, 7) is 13.4. The average Bonchev–Trinajstić information content (AvgIpc) is 2.63. The fourth-order valence-electron chi connectivity index (χ4n) is 3.03. The van der Waals surface area contributed by atoms with E-state index in [1.807, 2.05) is 0 Å². The van der Waals surface area contributed by atoms with Gasteiger partial charge < -0.3 is 10.6 Å². The van der Waals surface area contributed by atoms with Gasteiger partial charge in [0, 0.05) is 6.61 Å². The number of allylic oxidation sites excluding steroid dienone is 1. The minimum absolute atomic E-state index is 0. The van der Waals surface area contributed by atoms with Crippen molar-refractivity contribution in [3.05, 3.63) is 12.2 Å². The molecule has 0 aliphatic rings. The molecule has 0 aromatic heterocycles. The maximum absolute atomic E-state index is 9.11. The monoisotopic (exact) mass is 372 g/mol. The van der Waals surface area contributed by atoms with Crippen LogP contribution in [-0.4, -0.2) is 17.2 Å². The number of unbranched alkanes of at least 4 members (excludes halogenated alkanes) is 8. The first-order valence-electron chi connectivity index (χ1n) is 11.4. The molecule has 0 fully saturated rings. The van der Waals surface area contributed by atoms with Crippen LogP contribution in [0.2, 0.25) is 0 Å². The lowest BCUT2D eigenvalue weighted by Gasteiger charge is -2.12. The third kappa shape index (κ3) is 25.9. The van der Waals surface area contributed by atoms with Crippen LogP contribution in [0, 0.1) is 5.92 Å². The Bertz CT molecular complexity index is 251. The number of hydrogen-bond donors (Lipinski definition) is 1. The van der Waals surface area contributed by atoms with Gasteiger partial charge in [0.05, 0.1) is 0 Å². The smallest absolute Gasteiger partial charge is 0.0459 e. The molecule has 2 nitrogen and oxygen atoms in total. The summed E-state index contributed by atoms with van der Waals surface area (Å²) in [5.74, 6) is 0.580. The van der Waals surface area contributed by atoms with Crippen LogP contribution >= 0.6 is 0 Å². The fourth-order valence-corrected chi connectivity index (χ4v) is 3.03. The molecule has 0 aliphatic heterocycles. The summed E-state index contributed by atoms with van der Waals surface area (Å²) < 4.78 is 0. The Kier molecular flexibility index (Phi) is 31.4. The summed E-state index contributed by atoms with van der Waals surface area (Å²) in [5, 5.41) is 9.11. The van der Waals surface area contributed by atoms with Crippen molar-refractivity contribution >= 4 is 0 Å². The highest BCUT2D eigenvalue weighted by Gasteiger charge is 2.05. The van der Waals surface area contributed by atoms with Crippen LogP contribution in [0.4, 0.5) is 0 Å². The molecule has 0 amide bonds. The van der Waals surface area contributed by atoms with Gasteiger partial charge in [0.15, 0.2) is 0 Å². The standard InChI is InChI=1S/C12H26O.C12H24.H2O/c1-3-5-7-8-10-12(11-13)9-6-4-2;1-4-6-8-9-11-12(3)10-7-5-2;/h12-13H,3-11H2,1-2H3;3-11H2,1-2H3;1H2. The predicted octanol–water partition coefficient (Wildman–Crippen LogP) is 7.63. The van der Waals surface area contributed by atoms with Gasteiger partial charge in [-0.2, -0.15) is 0 Å². The molecule has 0 bridgehead atoms. The van der Waals surface area contributed by atoms with Gasteiger partial charge >= 0.3 is 0 Å². The van der Waals surface area contributed by atoms with E-state index in [-0.39, 0.29) is 5.48 Å². The maximum Gasteiger partial charge on any atom is 0.0459 e. The lowest BCUT2D eigenvalue weighted by atomic mass is 9.96. The van der Waals surface area contributed by atoms with Crippen molar-refractivity contribution in [1.29, 1.82) is 0 Å². The van der Waals surface area contributed by atoms with Crippen molar-refractivity contribution in [2.75, 3.05) is 6.61 Å². The first-order chi connectivity index (χ1) is 12.2. The van der Waals surface area contributed by atoms with Crippen molar-refractivity contribution in [1.82, 2.24) is 0 Å². The Morgan fingerprint density at radius 1 is 0.654 bits per heavy atom. The van der Waals surface area contributed by atoms with Gasteiger partial charge in [0.25, 0.3) is 0 Å². The van der Waals surface area contributed by atoms with E-state index in [9.17, 15) is 0 Å². The van der Waals surface area contributed by atoms with Crippen LogP contribution < -0.4 is 0 Å². The van der Waals surface area contributed by atoms with Gasteiger partial charge in [0.2, 0.25) is 0 Å². The van der Waals surface area contributed by atoms with Gasteiger partial charge in [-0.25, -0.2) is 0 Å². The lowest BCUT2D eigenvalue weighted by Crippen LogP contribution is -2.05. The second-order valence-corrected chi connectivity index (χ2v) is 7.70. The molecule has 1 unspecified atom stereocenters. The molecule has 160 valence electrons. The molecule has 0 aromatic carbocycles. The second-order valence-electron chi connectivity index (χ2n) is 7.70. The Balaban J connectivity index is -0.000000393. The van der Waals surface area contributed by atoms with E-state index in [1.54, 1.807) is 0 Å². The van der Waals surface area contributed by atoms with E-state index >= 15 is 0 Å². The van der Waals surface area contributed by atoms with Crippen molar-refractivity contribution in [2.45, 2.75) is 130 Å². The van der Waals surface area contributed by atoms with E-state index in [1.165, 1.54) is 108 Å². The minimum Gasteiger partial charge on any atom is -0.412 e. The molecule has 26 heavy (non-hydrogen) atoms. The molecule has 0 saturated carbocycles. The highest BCUT2D eigenvalue weighted by molar-refractivity contribution is 4.93. The Morgan fingerprint density at radius 3 is 1.62 bits per heavy atom. The Labute approximate surface area is 166 Å². The second kappa shape index (κ2) is 26.9. The van der Waals surface area contributed by atoms with Crippen LogP contribution in [-0.2, 0) is 0 Å². The van der Waals surface area contributed by atoms with Gasteiger partial charge in [-0.1, -0.05) is 104 Å². The van der Waals surface area contributed by atoms with E-state index in [0.717, 1.165) is 0 Å². The summed E-state index contributed by atoms with van der Waals surface area (Å²) in [4.78, 5) is 0. The highest BCUT2D eigenvalue weighted by Crippen LogP contribution is 2.16. The molecule has 0 radical (unpaired) electrons. The zero-order chi connectivity index (χ0) is 19.2. The van der Waals surface area contributed by atoms with Gasteiger partial charge in [0.1, 0.15) is 0 Å².